The molecule has 3 rings (SSSR count). The average Bonchev–Trinajstić information content (AvgIpc) is 2.80. The summed E-state index contributed by atoms with van der Waals surface area (Å²) < 4.78 is 17.1. The Morgan fingerprint density at radius 1 is 1.10 bits per heavy atom. The zero-order valence-electron chi connectivity index (χ0n) is 18.1. The number of carbonyl (C=O) groups excluding carboxylic acids is 1. The van der Waals surface area contributed by atoms with Crippen molar-refractivity contribution in [3.8, 4) is 17.2 Å². The lowest BCUT2D eigenvalue weighted by atomic mass is 9.96. The maximum Gasteiger partial charge on any atom is 0.243 e. The predicted molar refractivity (Wildman–Crippen MR) is 124 cm³/mol. The van der Waals surface area contributed by atoms with Gasteiger partial charge in [-0.3, -0.25) is 9.69 Å². The van der Waals surface area contributed by atoms with Crippen molar-refractivity contribution >= 4 is 28.1 Å². The Morgan fingerprint density at radius 2 is 1.71 bits per heavy atom. The number of hydrogen-bond acceptors (Lipinski definition) is 6. The van der Waals surface area contributed by atoms with Crippen molar-refractivity contribution < 1.29 is 19.0 Å². The van der Waals surface area contributed by atoms with Gasteiger partial charge in [0.25, 0.3) is 0 Å². The number of likely N-dealkylation sites (tertiary alicyclic amines) is 1. The van der Waals surface area contributed by atoms with Crippen molar-refractivity contribution in [3.63, 3.8) is 0 Å². The number of hydrazone groups is 1. The van der Waals surface area contributed by atoms with Crippen molar-refractivity contribution in [1.82, 2.24) is 10.3 Å². The number of ether oxygens (including phenoxy) is 3. The monoisotopic (exact) mass is 489 g/mol. The Bertz CT molecular complexity index is 885. The normalized spacial score (nSPS) is 15.1. The maximum absolute atomic E-state index is 12.5. The molecule has 0 aliphatic carbocycles. The zero-order chi connectivity index (χ0) is 22.2. The van der Waals surface area contributed by atoms with Crippen LogP contribution in [0.4, 0.5) is 0 Å². The summed E-state index contributed by atoms with van der Waals surface area (Å²) in [5.74, 6) is 1.51. The smallest absolute Gasteiger partial charge is 0.243 e. The molecule has 0 aromatic heterocycles. The van der Waals surface area contributed by atoms with Gasteiger partial charge in [0.15, 0.2) is 11.5 Å². The first-order valence-corrected chi connectivity index (χ1v) is 10.9. The topological polar surface area (TPSA) is 72.4 Å². The van der Waals surface area contributed by atoms with Gasteiger partial charge in [-0.1, -0.05) is 28.1 Å². The highest BCUT2D eigenvalue weighted by molar-refractivity contribution is 9.10. The van der Waals surface area contributed by atoms with Crippen LogP contribution < -0.4 is 19.6 Å². The van der Waals surface area contributed by atoms with Crippen LogP contribution in [0.5, 0.6) is 17.2 Å². The molecule has 2 aromatic rings. The quantitative estimate of drug-likeness (QED) is 0.450. The minimum absolute atomic E-state index is 0.0294. The fraction of sp³-hybridized carbons (Fsp3) is 0.391. The van der Waals surface area contributed by atoms with E-state index in [1.165, 1.54) is 5.56 Å². The summed E-state index contributed by atoms with van der Waals surface area (Å²) in [6.07, 6.45) is 3.22. The molecule has 1 aliphatic heterocycles. The third kappa shape index (κ3) is 6.21. The lowest BCUT2D eigenvalue weighted by molar-refractivity contribution is -0.126. The SMILES string of the molecule is COc1cc(C=NNC(=O)C2CCN(Cc3ccc(Br)cc3)CC2)cc(OC)c1OC. The number of rotatable bonds is 8. The van der Waals surface area contributed by atoms with Crippen molar-refractivity contribution in [2.45, 2.75) is 19.4 Å². The molecule has 1 fully saturated rings. The van der Waals surface area contributed by atoms with Gasteiger partial charge in [-0.2, -0.15) is 5.10 Å². The van der Waals surface area contributed by atoms with E-state index in [0.717, 1.165) is 42.5 Å². The lowest BCUT2D eigenvalue weighted by Crippen LogP contribution is -2.39. The first-order valence-electron chi connectivity index (χ1n) is 10.1. The van der Waals surface area contributed by atoms with E-state index in [2.05, 4.69) is 55.6 Å². The summed E-state index contributed by atoms with van der Waals surface area (Å²) >= 11 is 3.46. The Balaban J connectivity index is 1.51. The van der Waals surface area contributed by atoms with E-state index in [1.54, 1.807) is 39.7 Å². The van der Waals surface area contributed by atoms with Crippen LogP contribution in [-0.2, 0) is 11.3 Å². The van der Waals surface area contributed by atoms with Crippen LogP contribution in [-0.4, -0.2) is 51.4 Å². The zero-order valence-corrected chi connectivity index (χ0v) is 19.6. The number of methoxy groups -OCH3 is 3. The van der Waals surface area contributed by atoms with Crippen molar-refractivity contribution in [1.29, 1.82) is 0 Å². The summed E-state index contributed by atoms with van der Waals surface area (Å²) in [6, 6.07) is 11.9. The predicted octanol–water partition coefficient (Wildman–Crippen LogP) is 3.84. The molecule has 8 heteroatoms. The second kappa shape index (κ2) is 11.2. The second-order valence-electron chi connectivity index (χ2n) is 7.37. The van der Waals surface area contributed by atoms with Crippen molar-refractivity contribution in [3.05, 3.63) is 52.0 Å². The number of nitrogens with zero attached hydrogens (tertiary/aromatic N) is 2. The Morgan fingerprint density at radius 3 is 2.26 bits per heavy atom. The van der Waals surface area contributed by atoms with E-state index in [0.29, 0.717) is 17.2 Å². The van der Waals surface area contributed by atoms with Gasteiger partial charge in [-0.05, 0) is 55.8 Å². The van der Waals surface area contributed by atoms with Gasteiger partial charge in [0.1, 0.15) is 0 Å². The van der Waals surface area contributed by atoms with Gasteiger partial charge in [-0.15, -0.1) is 0 Å². The van der Waals surface area contributed by atoms with Crippen LogP contribution in [0.25, 0.3) is 0 Å². The number of hydrogen-bond donors (Lipinski definition) is 1. The molecule has 1 saturated heterocycles. The minimum Gasteiger partial charge on any atom is -0.493 e. The molecule has 31 heavy (non-hydrogen) atoms. The fourth-order valence-electron chi connectivity index (χ4n) is 3.64. The standard InChI is InChI=1S/C23H28BrN3O4/c1-29-20-12-17(13-21(30-2)22(20)31-3)14-25-26-23(28)18-8-10-27(11-9-18)15-16-4-6-19(24)7-5-16/h4-7,12-14,18H,8-11,15H2,1-3H3,(H,26,28). The van der Waals surface area contributed by atoms with Crippen molar-refractivity contribution in [2.24, 2.45) is 11.0 Å². The van der Waals surface area contributed by atoms with E-state index in [1.807, 2.05) is 0 Å². The molecule has 1 aliphatic rings. The maximum atomic E-state index is 12.5. The number of benzene rings is 2. The van der Waals surface area contributed by atoms with Crippen LogP contribution in [0, 0.1) is 5.92 Å². The number of nitrogens with one attached hydrogen (secondary N) is 1. The molecule has 1 amide bonds. The molecule has 0 saturated carbocycles. The highest BCUT2D eigenvalue weighted by atomic mass is 79.9. The van der Waals surface area contributed by atoms with Crippen LogP contribution in [0.1, 0.15) is 24.0 Å². The van der Waals surface area contributed by atoms with Crippen LogP contribution in [0.2, 0.25) is 0 Å². The number of carbonyl (C=O) groups is 1. The molecule has 1 heterocycles. The summed E-state index contributed by atoms with van der Waals surface area (Å²) in [7, 11) is 4.67. The van der Waals surface area contributed by atoms with Crippen LogP contribution in [0.15, 0.2) is 46.0 Å². The summed E-state index contributed by atoms with van der Waals surface area (Å²) in [5, 5.41) is 4.12. The molecule has 166 valence electrons. The highest BCUT2D eigenvalue weighted by Crippen LogP contribution is 2.37. The van der Waals surface area contributed by atoms with Crippen LogP contribution >= 0.6 is 15.9 Å². The van der Waals surface area contributed by atoms with Gasteiger partial charge in [-0.25, -0.2) is 5.43 Å². The molecular weight excluding hydrogens is 462 g/mol. The Labute approximate surface area is 191 Å². The molecule has 0 spiro atoms. The van der Waals surface area contributed by atoms with E-state index in [9.17, 15) is 4.79 Å². The first kappa shape index (κ1) is 23.1. The first-order chi connectivity index (χ1) is 15.0. The molecule has 7 nitrogen and oxygen atoms in total. The average molecular weight is 490 g/mol. The summed E-state index contributed by atoms with van der Waals surface area (Å²) in [4.78, 5) is 14.9. The van der Waals surface area contributed by atoms with Crippen molar-refractivity contribution in [2.75, 3.05) is 34.4 Å². The largest absolute Gasteiger partial charge is 0.493 e. The van der Waals surface area contributed by atoms with Gasteiger partial charge in [0.05, 0.1) is 27.5 Å². The molecular formula is C23H28BrN3O4. The lowest BCUT2D eigenvalue weighted by Gasteiger charge is -2.30. The van der Waals surface area contributed by atoms with E-state index < -0.39 is 0 Å². The number of amides is 1. The molecule has 0 bridgehead atoms. The second-order valence-corrected chi connectivity index (χ2v) is 8.29. The van der Waals surface area contributed by atoms with Crippen LogP contribution in [0.3, 0.4) is 0 Å². The third-order valence-corrected chi connectivity index (χ3v) is 5.88. The number of piperidine rings is 1. The van der Waals surface area contributed by atoms with Gasteiger partial charge in [0.2, 0.25) is 11.7 Å². The third-order valence-electron chi connectivity index (χ3n) is 5.35. The van der Waals surface area contributed by atoms with E-state index >= 15 is 0 Å². The molecule has 1 N–H and O–H groups in total. The summed E-state index contributed by atoms with van der Waals surface area (Å²) in [5.41, 5.74) is 4.68. The van der Waals surface area contributed by atoms with Gasteiger partial charge in [0, 0.05) is 22.5 Å². The molecule has 2 aromatic carbocycles. The van der Waals surface area contributed by atoms with E-state index in [4.69, 9.17) is 14.2 Å². The van der Waals surface area contributed by atoms with Gasteiger partial charge < -0.3 is 14.2 Å². The van der Waals surface area contributed by atoms with Gasteiger partial charge >= 0.3 is 0 Å². The molecule has 0 unspecified atom stereocenters. The fourth-order valence-corrected chi connectivity index (χ4v) is 3.90. The Kier molecular flexibility index (Phi) is 8.31. The summed E-state index contributed by atoms with van der Waals surface area (Å²) in [6.45, 7) is 2.69. The minimum atomic E-state index is -0.0491. The molecule has 0 radical (unpaired) electrons. The Hall–Kier alpha value is -2.58. The van der Waals surface area contributed by atoms with E-state index in [-0.39, 0.29) is 11.8 Å². The number of halogens is 1. The highest BCUT2D eigenvalue weighted by Gasteiger charge is 2.24. The molecule has 0 atom stereocenters.